The summed E-state index contributed by atoms with van der Waals surface area (Å²) in [4.78, 5) is 25.9. The number of hydrogen-bond donors (Lipinski definition) is 2. The van der Waals surface area contributed by atoms with Gasteiger partial charge in [0.05, 0.1) is 18.8 Å². The van der Waals surface area contributed by atoms with Crippen LogP contribution in [0, 0.1) is 23.3 Å². The summed E-state index contributed by atoms with van der Waals surface area (Å²) in [5.41, 5.74) is 0.397. The third-order valence-electron chi connectivity index (χ3n) is 4.23. The summed E-state index contributed by atoms with van der Waals surface area (Å²) in [6.07, 6.45) is 1.19. The second-order valence-electron chi connectivity index (χ2n) is 6.71. The van der Waals surface area contributed by atoms with Crippen LogP contribution in [0.15, 0.2) is 36.4 Å². The number of nitrogens with zero attached hydrogens (tertiary/aromatic N) is 1. The minimum atomic E-state index is -1.67. The fourth-order valence-electron chi connectivity index (χ4n) is 2.80. The van der Waals surface area contributed by atoms with Crippen LogP contribution in [0.1, 0.15) is 18.9 Å². The molecular formula is C21H23F4N3O2. The van der Waals surface area contributed by atoms with Crippen molar-refractivity contribution in [3.8, 4) is 0 Å². The zero-order chi connectivity index (χ0) is 22.1. The van der Waals surface area contributed by atoms with E-state index in [0.717, 1.165) is 11.6 Å². The summed E-state index contributed by atoms with van der Waals surface area (Å²) in [5, 5.41) is 4.91. The lowest BCUT2D eigenvalue weighted by molar-refractivity contribution is -0.123. The maximum atomic E-state index is 13.7. The summed E-state index contributed by atoms with van der Waals surface area (Å²) < 4.78 is 52.8. The van der Waals surface area contributed by atoms with E-state index in [-0.39, 0.29) is 24.8 Å². The van der Waals surface area contributed by atoms with Gasteiger partial charge in [0, 0.05) is 6.54 Å². The number of amides is 2. The van der Waals surface area contributed by atoms with Crippen molar-refractivity contribution < 1.29 is 27.2 Å². The van der Waals surface area contributed by atoms with Gasteiger partial charge in [-0.25, -0.2) is 17.6 Å². The molecule has 2 aromatic rings. The van der Waals surface area contributed by atoms with Crippen molar-refractivity contribution in [1.29, 1.82) is 0 Å². The van der Waals surface area contributed by atoms with Crippen molar-refractivity contribution in [2.45, 2.75) is 19.8 Å². The third kappa shape index (κ3) is 7.14. The zero-order valence-corrected chi connectivity index (χ0v) is 16.5. The molecule has 30 heavy (non-hydrogen) atoms. The van der Waals surface area contributed by atoms with Gasteiger partial charge in [0.2, 0.25) is 11.8 Å². The monoisotopic (exact) mass is 425 g/mol. The van der Waals surface area contributed by atoms with E-state index in [4.69, 9.17) is 0 Å². The first kappa shape index (κ1) is 23.3. The topological polar surface area (TPSA) is 61.4 Å². The third-order valence-corrected chi connectivity index (χ3v) is 4.23. The molecule has 2 N–H and O–H groups in total. The molecule has 0 fully saturated rings. The largest absolute Gasteiger partial charge is 0.355 e. The quantitative estimate of drug-likeness (QED) is 0.454. The highest BCUT2D eigenvalue weighted by Gasteiger charge is 2.18. The van der Waals surface area contributed by atoms with Crippen molar-refractivity contribution in [1.82, 2.24) is 10.2 Å². The molecule has 0 spiro atoms. The molecule has 0 bridgehead atoms. The number of hydrogen-bond acceptors (Lipinski definition) is 3. The van der Waals surface area contributed by atoms with Crippen molar-refractivity contribution in [3.05, 3.63) is 65.2 Å². The highest BCUT2D eigenvalue weighted by molar-refractivity contribution is 5.92. The van der Waals surface area contributed by atoms with Gasteiger partial charge in [-0.15, -0.1) is 0 Å². The van der Waals surface area contributed by atoms with Crippen LogP contribution in [0.4, 0.5) is 23.2 Å². The Kier molecular flexibility index (Phi) is 8.79. The molecule has 0 aliphatic carbocycles. The Morgan fingerprint density at radius 1 is 0.900 bits per heavy atom. The van der Waals surface area contributed by atoms with Crippen LogP contribution in [0.2, 0.25) is 0 Å². The molecule has 9 heteroatoms. The zero-order valence-electron chi connectivity index (χ0n) is 16.5. The number of carbonyl (C=O) groups excluding carboxylic acids is 2. The van der Waals surface area contributed by atoms with Gasteiger partial charge in [0.15, 0.2) is 17.5 Å². The lowest BCUT2D eigenvalue weighted by Gasteiger charge is -2.20. The number of rotatable bonds is 10. The standard InChI is InChI=1S/C21H23F4N3O2/c1-2-11-28(12-18(29)26-10-9-14-3-5-15(22)6-4-14)13-19(30)27-17-8-7-16(23)20(24)21(17)25/h3-8H,2,9-13H2,1H3,(H,26,29)(H,27,30). The van der Waals surface area contributed by atoms with Gasteiger partial charge in [-0.1, -0.05) is 19.1 Å². The van der Waals surface area contributed by atoms with Crippen LogP contribution < -0.4 is 10.6 Å². The average Bonchev–Trinajstić information content (AvgIpc) is 2.70. The summed E-state index contributed by atoms with van der Waals surface area (Å²) in [6, 6.07) is 7.59. The molecule has 2 amide bonds. The summed E-state index contributed by atoms with van der Waals surface area (Å²) in [7, 11) is 0. The molecule has 2 aromatic carbocycles. The second kappa shape index (κ2) is 11.3. The minimum Gasteiger partial charge on any atom is -0.355 e. The Balaban J connectivity index is 1.84. The Morgan fingerprint density at radius 3 is 2.23 bits per heavy atom. The molecule has 0 aliphatic rings. The SMILES string of the molecule is CCCN(CC(=O)NCCc1ccc(F)cc1)CC(=O)Nc1ccc(F)c(F)c1F. The molecule has 0 saturated carbocycles. The molecule has 0 aromatic heterocycles. The first-order chi connectivity index (χ1) is 14.3. The summed E-state index contributed by atoms with van der Waals surface area (Å²) in [6.45, 7) is 2.35. The molecule has 0 aliphatic heterocycles. The average molecular weight is 425 g/mol. The van der Waals surface area contributed by atoms with Gasteiger partial charge in [0.25, 0.3) is 0 Å². The fraction of sp³-hybridized carbons (Fsp3) is 0.333. The number of benzene rings is 2. The normalized spacial score (nSPS) is 10.9. The predicted octanol–water partition coefficient (Wildman–Crippen LogP) is 3.25. The Hall–Kier alpha value is -2.94. The molecule has 5 nitrogen and oxygen atoms in total. The predicted molar refractivity (Wildman–Crippen MR) is 105 cm³/mol. The van der Waals surface area contributed by atoms with Crippen molar-refractivity contribution in [3.63, 3.8) is 0 Å². The van der Waals surface area contributed by atoms with E-state index in [9.17, 15) is 27.2 Å². The van der Waals surface area contributed by atoms with Crippen LogP contribution in [0.5, 0.6) is 0 Å². The maximum Gasteiger partial charge on any atom is 0.238 e. The first-order valence-corrected chi connectivity index (χ1v) is 9.47. The Bertz CT molecular complexity index is 875. The number of nitrogens with one attached hydrogen (secondary N) is 2. The smallest absolute Gasteiger partial charge is 0.238 e. The van der Waals surface area contributed by atoms with Crippen LogP contribution in [-0.4, -0.2) is 42.9 Å². The van der Waals surface area contributed by atoms with Gasteiger partial charge in [-0.2, -0.15) is 0 Å². The van der Waals surface area contributed by atoms with Gasteiger partial charge >= 0.3 is 0 Å². The van der Waals surface area contributed by atoms with Crippen LogP contribution in [0.3, 0.4) is 0 Å². The summed E-state index contributed by atoms with van der Waals surface area (Å²) in [5.74, 6) is -5.80. The molecule has 0 unspecified atom stereocenters. The van der Waals surface area contributed by atoms with Crippen molar-refractivity contribution >= 4 is 17.5 Å². The number of halogens is 4. The van der Waals surface area contributed by atoms with E-state index in [1.807, 2.05) is 6.92 Å². The molecule has 0 atom stereocenters. The van der Waals surface area contributed by atoms with E-state index in [0.29, 0.717) is 32.0 Å². The van der Waals surface area contributed by atoms with Crippen molar-refractivity contribution in [2.75, 3.05) is 31.5 Å². The van der Waals surface area contributed by atoms with Gasteiger partial charge in [-0.3, -0.25) is 14.5 Å². The van der Waals surface area contributed by atoms with E-state index >= 15 is 0 Å². The first-order valence-electron chi connectivity index (χ1n) is 9.47. The molecule has 0 saturated heterocycles. The molecule has 0 heterocycles. The van der Waals surface area contributed by atoms with Crippen LogP contribution in [0.25, 0.3) is 0 Å². The fourth-order valence-corrected chi connectivity index (χ4v) is 2.80. The van der Waals surface area contributed by atoms with Crippen LogP contribution in [-0.2, 0) is 16.0 Å². The lowest BCUT2D eigenvalue weighted by atomic mass is 10.1. The molecule has 2 rings (SSSR count). The van der Waals surface area contributed by atoms with Gasteiger partial charge < -0.3 is 10.6 Å². The van der Waals surface area contributed by atoms with Gasteiger partial charge in [0.1, 0.15) is 5.82 Å². The molecular weight excluding hydrogens is 402 g/mol. The Morgan fingerprint density at radius 2 is 1.57 bits per heavy atom. The molecule has 0 radical (unpaired) electrons. The molecule has 162 valence electrons. The Labute approximate surface area is 172 Å². The number of anilines is 1. The highest BCUT2D eigenvalue weighted by atomic mass is 19.2. The number of carbonyl (C=O) groups is 2. The highest BCUT2D eigenvalue weighted by Crippen LogP contribution is 2.19. The summed E-state index contributed by atoms with van der Waals surface area (Å²) >= 11 is 0. The van der Waals surface area contributed by atoms with E-state index in [2.05, 4.69) is 10.6 Å². The second-order valence-corrected chi connectivity index (χ2v) is 6.71. The minimum absolute atomic E-state index is 0.0645. The lowest BCUT2D eigenvalue weighted by Crippen LogP contribution is -2.42. The van der Waals surface area contributed by atoms with Crippen molar-refractivity contribution in [2.24, 2.45) is 0 Å². The van der Waals surface area contributed by atoms with E-state index < -0.39 is 29.0 Å². The van der Waals surface area contributed by atoms with Gasteiger partial charge in [-0.05, 0) is 49.2 Å². The van der Waals surface area contributed by atoms with E-state index in [1.165, 1.54) is 12.1 Å². The van der Waals surface area contributed by atoms with E-state index in [1.54, 1.807) is 17.0 Å². The maximum absolute atomic E-state index is 13.7. The van der Waals surface area contributed by atoms with Crippen LogP contribution >= 0.6 is 0 Å².